The lowest BCUT2D eigenvalue weighted by atomic mass is 10.1. The fraction of sp³-hybridized carbons (Fsp3) is 0.222. The number of carbonyl (C=O) groups is 2. The number of benzene rings is 1. The molecule has 0 radical (unpaired) electrons. The van der Waals surface area contributed by atoms with Crippen LogP contribution in [0.1, 0.15) is 23.2 Å². The van der Waals surface area contributed by atoms with E-state index in [1.165, 1.54) is 6.07 Å². The third-order valence-corrected chi connectivity index (χ3v) is 3.72. The SMILES string of the molecule is COc1cccc(-c2cc(C(=O)N[C@H](C)C(=O)Nc3cc(C)on3)no2)c1. The van der Waals surface area contributed by atoms with Crippen molar-refractivity contribution in [1.82, 2.24) is 15.6 Å². The Balaban J connectivity index is 1.64. The number of aryl methyl sites for hydroxylation is 1. The predicted molar refractivity (Wildman–Crippen MR) is 95.3 cm³/mol. The van der Waals surface area contributed by atoms with Gasteiger partial charge < -0.3 is 24.4 Å². The maximum Gasteiger partial charge on any atom is 0.274 e. The van der Waals surface area contributed by atoms with Crippen molar-refractivity contribution in [1.29, 1.82) is 0 Å². The quantitative estimate of drug-likeness (QED) is 0.684. The molecule has 2 aromatic heterocycles. The molecule has 0 aliphatic heterocycles. The first kappa shape index (κ1) is 18.2. The van der Waals surface area contributed by atoms with Gasteiger partial charge in [0.25, 0.3) is 5.91 Å². The summed E-state index contributed by atoms with van der Waals surface area (Å²) in [6.45, 7) is 3.25. The third-order valence-electron chi connectivity index (χ3n) is 3.72. The summed E-state index contributed by atoms with van der Waals surface area (Å²) in [6, 6.07) is 9.42. The maximum atomic E-state index is 12.3. The van der Waals surface area contributed by atoms with Crippen LogP contribution in [0.25, 0.3) is 11.3 Å². The molecule has 2 N–H and O–H groups in total. The molecule has 3 aromatic rings. The summed E-state index contributed by atoms with van der Waals surface area (Å²) in [5.74, 6) is 0.938. The van der Waals surface area contributed by atoms with Gasteiger partial charge in [-0.3, -0.25) is 9.59 Å². The number of nitrogens with one attached hydrogen (secondary N) is 2. The Morgan fingerprint density at radius 1 is 1.15 bits per heavy atom. The average Bonchev–Trinajstić information content (AvgIpc) is 3.31. The molecule has 9 heteroatoms. The van der Waals surface area contributed by atoms with E-state index in [2.05, 4.69) is 20.9 Å². The summed E-state index contributed by atoms with van der Waals surface area (Å²) in [5, 5.41) is 12.5. The normalized spacial score (nSPS) is 11.7. The number of carbonyl (C=O) groups excluding carboxylic acids is 2. The highest BCUT2D eigenvalue weighted by molar-refractivity contribution is 6.00. The van der Waals surface area contributed by atoms with Crippen LogP contribution >= 0.6 is 0 Å². The highest BCUT2D eigenvalue weighted by atomic mass is 16.5. The molecule has 0 spiro atoms. The first-order valence-corrected chi connectivity index (χ1v) is 8.12. The van der Waals surface area contributed by atoms with Gasteiger partial charge in [-0.1, -0.05) is 22.4 Å². The van der Waals surface area contributed by atoms with E-state index in [-0.39, 0.29) is 11.5 Å². The maximum absolute atomic E-state index is 12.3. The Kier molecular flexibility index (Phi) is 5.20. The molecular weight excluding hydrogens is 352 g/mol. The fourth-order valence-corrected chi connectivity index (χ4v) is 2.29. The lowest BCUT2D eigenvalue weighted by molar-refractivity contribution is -0.117. The van der Waals surface area contributed by atoms with Crippen LogP contribution in [0, 0.1) is 6.92 Å². The highest BCUT2D eigenvalue weighted by Crippen LogP contribution is 2.24. The number of ether oxygens (including phenoxy) is 1. The molecule has 27 heavy (non-hydrogen) atoms. The molecule has 3 rings (SSSR count). The minimum Gasteiger partial charge on any atom is -0.497 e. The van der Waals surface area contributed by atoms with Crippen LogP contribution in [0.4, 0.5) is 5.82 Å². The summed E-state index contributed by atoms with van der Waals surface area (Å²) in [6.07, 6.45) is 0. The van der Waals surface area contributed by atoms with E-state index in [9.17, 15) is 9.59 Å². The van der Waals surface area contributed by atoms with Gasteiger partial charge in [0, 0.05) is 17.7 Å². The molecule has 0 saturated carbocycles. The number of methoxy groups -OCH3 is 1. The first-order valence-electron chi connectivity index (χ1n) is 8.12. The molecule has 0 fully saturated rings. The second kappa shape index (κ2) is 7.73. The van der Waals surface area contributed by atoms with Crippen LogP contribution < -0.4 is 15.4 Å². The van der Waals surface area contributed by atoms with Crippen LogP contribution in [-0.2, 0) is 4.79 Å². The number of aromatic nitrogens is 2. The summed E-state index contributed by atoms with van der Waals surface area (Å²) >= 11 is 0. The van der Waals surface area contributed by atoms with E-state index in [1.807, 2.05) is 0 Å². The Morgan fingerprint density at radius 3 is 2.67 bits per heavy atom. The molecular formula is C18H18N4O5. The van der Waals surface area contributed by atoms with Crippen molar-refractivity contribution < 1.29 is 23.4 Å². The standard InChI is InChI=1S/C18H18N4O5/c1-10-7-16(22-26-10)20-17(23)11(2)19-18(24)14-9-15(27-21-14)12-5-4-6-13(8-12)25-3/h4-9,11H,1-3H3,(H,19,24)(H,20,22,23)/t11-/m1/s1. The Labute approximate surface area is 154 Å². The first-order chi connectivity index (χ1) is 13.0. The van der Waals surface area contributed by atoms with Crippen molar-refractivity contribution in [3.63, 3.8) is 0 Å². The van der Waals surface area contributed by atoms with Gasteiger partial charge in [0.2, 0.25) is 5.91 Å². The summed E-state index contributed by atoms with van der Waals surface area (Å²) < 4.78 is 15.3. The molecule has 9 nitrogen and oxygen atoms in total. The Morgan fingerprint density at radius 2 is 1.96 bits per heavy atom. The van der Waals surface area contributed by atoms with Crippen molar-refractivity contribution in [3.05, 3.63) is 47.9 Å². The zero-order valence-corrected chi connectivity index (χ0v) is 15.0. The van der Waals surface area contributed by atoms with E-state index in [0.717, 1.165) is 0 Å². The van der Waals surface area contributed by atoms with Crippen LogP contribution in [0.15, 0.2) is 45.4 Å². The molecule has 2 heterocycles. The smallest absolute Gasteiger partial charge is 0.274 e. The topological polar surface area (TPSA) is 119 Å². The second-order valence-electron chi connectivity index (χ2n) is 5.82. The molecule has 0 saturated heterocycles. The van der Waals surface area contributed by atoms with E-state index in [0.29, 0.717) is 22.8 Å². The number of amides is 2. The summed E-state index contributed by atoms with van der Waals surface area (Å²) in [4.78, 5) is 24.4. The summed E-state index contributed by atoms with van der Waals surface area (Å²) in [7, 11) is 1.56. The molecule has 0 aliphatic carbocycles. The minimum absolute atomic E-state index is 0.0600. The monoisotopic (exact) mass is 370 g/mol. The van der Waals surface area contributed by atoms with Gasteiger partial charge in [-0.15, -0.1) is 0 Å². The van der Waals surface area contributed by atoms with Crippen molar-refractivity contribution in [3.8, 4) is 17.1 Å². The van der Waals surface area contributed by atoms with Crippen LogP contribution in [0.2, 0.25) is 0 Å². The van der Waals surface area contributed by atoms with E-state index >= 15 is 0 Å². The van der Waals surface area contributed by atoms with Crippen molar-refractivity contribution in [2.45, 2.75) is 19.9 Å². The van der Waals surface area contributed by atoms with Crippen molar-refractivity contribution in [2.75, 3.05) is 12.4 Å². The molecule has 2 amide bonds. The number of anilines is 1. The van der Waals surface area contributed by atoms with Crippen molar-refractivity contribution in [2.24, 2.45) is 0 Å². The molecule has 1 aromatic carbocycles. The predicted octanol–water partition coefficient (Wildman–Crippen LogP) is 2.40. The lowest BCUT2D eigenvalue weighted by Gasteiger charge is -2.11. The lowest BCUT2D eigenvalue weighted by Crippen LogP contribution is -2.41. The average molecular weight is 370 g/mol. The molecule has 0 aliphatic rings. The van der Waals surface area contributed by atoms with Crippen LogP contribution in [0.3, 0.4) is 0 Å². The number of hydrogen-bond acceptors (Lipinski definition) is 7. The number of rotatable bonds is 6. The van der Waals surface area contributed by atoms with Gasteiger partial charge >= 0.3 is 0 Å². The van der Waals surface area contributed by atoms with Crippen molar-refractivity contribution >= 4 is 17.6 Å². The Bertz CT molecular complexity index is 962. The van der Waals surface area contributed by atoms with Gasteiger partial charge in [0.1, 0.15) is 17.6 Å². The van der Waals surface area contributed by atoms with Gasteiger partial charge in [-0.2, -0.15) is 0 Å². The molecule has 0 bridgehead atoms. The summed E-state index contributed by atoms with van der Waals surface area (Å²) in [5.41, 5.74) is 0.776. The number of hydrogen-bond donors (Lipinski definition) is 2. The van der Waals surface area contributed by atoms with E-state index < -0.39 is 17.9 Å². The second-order valence-corrected chi connectivity index (χ2v) is 5.82. The highest BCUT2D eigenvalue weighted by Gasteiger charge is 2.20. The van der Waals surface area contributed by atoms with Gasteiger partial charge in [0.05, 0.1) is 7.11 Å². The van der Waals surface area contributed by atoms with Crippen LogP contribution in [0.5, 0.6) is 5.75 Å². The number of nitrogens with zero attached hydrogens (tertiary/aromatic N) is 2. The third kappa shape index (κ3) is 4.32. The van der Waals surface area contributed by atoms with Gasteiger partial charge in [-0.05, 0) is 26.0 Å². The van der Waals surface area contributed by atoms with Gasteiger partial charge in [0.15, 0.2) is 17.3 Å². The fourth-order valence-electron chi connectivity index (χ4n) is 2.29. The Hall–Kier alpha value is -3.62. The minimum atomic E-state index is -0.813. The molecule has 140 valence electrons. The van der Waals surface area contributed by atoms with Crippen LogP contribution in [-0.4, -0.2) is 35.3 Å². The largest absolute Gasteiger partial charge is 0.497 e. The molecule has 1 atom stereocenters. The zero-order valence-electron chi connectivity index (χ0n) is 15.0. The molecule has 0 unspecified atom stereocenters. The zero-order chi connectivity index (χ0) is 19.4. The van der Waals surface area contributed by atoms with Gasteiger partial charge in [-0.25, -0.2) is 0 Å². The van der Waals surface area contributed by atoms with E-state index in [1.54, 1.807) is 51.3 Å². The van der Waals surface area contributed by atoms with E-state index in [4.69, 9.17) is 13.8 Å².